The minimum Gasteiger partial charge on any atom is -0.444 e. The van der Waals surface area contributed by atoms with Gasteiger partial charge in [0.2, 0.25) is 5.91 Å². The molecule has 2 amide bonds. The Labute approximate surface area is 102 Å². The number of ether oxygens (including phenoxy) is 1. The van der Waals surface area contributed by atoms with Gasteiger partial charge < -0.3 is 19.9 Å². The largest absolute Gasteiger partial charge is 0.444 e. The SMILES string of the molecule is CN(C)CCNC(=O)CCC1CN(C)C(=O)O1. The zero-order valence-electron chi connectivity index (χ0n) is 10.7. The molecule has 17 heavy (non-hydrogen) atoms. The van der Waals surface area contributed by atoms with Crippen LogP contribution < -0.4 is 5.32 Å². The van der Waals surface area contributed by atoms with Crippen LogP contribution in [0.1, 0.15) is 12.8 Å². The van der Waals surface area contributed by atoms with Crippen molar-refractivity contribution >= 4 is 12.0 Å². The number of amides is 2. The van der Waals surface area contributed by atoms with Crippen molar-refractivity contribution in [3.8, 4) is 0 Å². The topological polar surface area (TPSA) is 61.9 Å². The molecule has 0 aromatic rings. The lowest BCUT2D eigenvalue weighted by atomic mass is 10.2. The Balaban J connectivity index is 2.10. The van der Waals surface area contributed by atoms with Gasteiger partial charge in [0.15, 0.2) is 0 Å². The number of cyclic esters (lactones) is 1. The van der Waals surface area contributed by atoms with Gasteiger partial charge >= 0.3 is 6.09 Å². The third-order valence-electron chi connectivity index (χ3n) is 2.63. The van der Waals surface area contributed by atoms with Crippen LogP contribution >= 0.6 is 0 Å². The number of likely N-dealkylation sites (N-methyl/N-ethyl adjacent to an activating group) is 2. The van der Waals surface area contributed by atoms with Gasteiger partial charge in [-0.25, -0.2) is 4.79 Å². The van der Waals surface area contributed by atoms with Crippen LogP contribution in [0.4, 0.5) is 4.79 Å². The lowest BCUT2D eigenvalue weighted by Crippen LogP contribution is -2.31. The second-order valence-electron chi connectivity index (χ2n) is 4.58. The number of nitrogens with one attached hydrogen (secondary N) is 1. The van der Waals surface area contributed by atoms with E-state index in [2.05, 4.69) is 5.32 Å². The van der Waals surface area contributed by atoms with Gasteiger partial charge in [0.05, 0.1) is 6.54 Å². The van der Waals surface area contributed by atoms with Crippen molar-refractivity contribution in [2.24, 2.45) is 0 Å². The standard InChI is InChI=1S/C11H21N3O3/c1-13(2)7-6-12-10(15)5-4-9-8-14(3)11(16)17-9/h9H,4-8H2,1-3H3,(H,12,15). The van der Waals surface area contributed by atoms with Gasteiger partial charge in [0.25, 0.3) is 0 Å². The summed E-state index contributed by atoms with van der Waals surface area (Å²) in [4.78, 5) is 26.1. The zero-order chi connectivity index (χ0) is 12.8. The summed E-state index contributed by atoms with van der Waals surface area (Å²) in [6.07, 6.45) is 0.540. The van der Waals surface area contributed by atoms with E-state index in [0.717, 1.165) is 6.54 Å². The van der Waals surface area contributed by atoms with E-state index in [0.29, 0.717) is 25.9 Å². The Hall–Kier alpha value is -1.30. The van der Waals surface area contributed by atoms with E-state index in [-0.39, 0.29) is 18.1 Å². The summed E-state index contributed by atoms with van der Waals surface area (Å²) in [7, 11) is 5.61. The molecule has 1 aliphatic rings. The molecule has 1 heterocycles. The van der Waals surface area contributed by atoms with Crippen LogP contribution in [0.2, 0.25) is 0 Å². The summed E-state index contributed by atoms with van der Waals surface area (Å²) >= 11 is 0. The van der Waals surface area contributed by atoms with Crippen molar-refractivity contribution in [3.63, 3.8) is 0 Å². The molecule has 1 rings (SSSR count). The molecule has 1 saturated heterocycles. The molecule has 0 aromatic carbocycles. The summed E-state index contributed by atoms with van der Waals surface area (Å²) in [6, 6.07) is 0. The van der Waals surface area contributed by atoms with Crippen molar-refractivity contribution < 1.29 is 14.3 Å². The van der Waals surface area contributed by atoms with E-state index in [9.17, 15) is 9.59 Å². The Bertz CT molecular complexity index is 281. The average molecular weight is 243 g/mol. The number of carbonyl (C=O) groups is 2. The first-order valence-corrected chi connectivity index (χ1v) is 5.82. The Kier molecular flexibility index (Phi) is 5.21. The quantitative estimate of drug-likeness (QED) is 0.707. The summed E-state index contributed by atoms with van der Waals surface area (Å²) < 4.78 is 5.07. The monoisotopic (exact) mass is 243 g/mol. The van der Waals surface area contributed by atoms with E-state index < -0.39 is 0 Å². The second kappa shape index (κ2) is 6.44. The number of carbonyl (C=O) groups excluding carboxylic acids is 2. The summed E-state index contributed by atoms with van der Waals surface area (Å²) in [5, 5.41) is 2.83. The Morgan fingerprint density at radius 2 is 2.29 bits per heavy atom. The van der Waals surface area contributed by atoms with E-state index in [1.165, 1.54) is 4.90 Å². The molecule has 1 atom stereocenters. The van der Waals surface area contributed by atoms with Gasteiger partial charge in [-0.2, -0.15) is 0 Å². The van der Waals surface area contributed by atoms with E-state index >= 15 is 0 Å². The van der Waals surface area contributed by atoms with Crippen LogP contribution in [0.15, 0.2) is 0 Å². The minimum absolute atomic E-state index is 0.0115. The first-order chi connectivity index (χ1) is 7.99. The summed E-state index contributed by atoms with van der Waals surface area (Å²) in [6.45, 7) is 2.05. The van der Waals surface area contributed by atoms with E-state index in [1.54, 1.807) is 7.05 Å². The van der Waals surface area contributed by atoms with Crippen molar-refractivity contribution in [2.45, 2.75) is 18.9 Å². The van der Waals surface area contributed by atoms with Crippen LogP contribution in [-0.4, -0.2) is 68.7 Å². The molecule has 0 aliphatic carbocycles. The molecule has 0 saturated carbocycles. The van der Waals surface area contributed by atoms with Crippen LogP contribution in [0.5, 0.6) is 0 Å². The number of hydrogen-bond donors (Lipinski definition) is 1. The third kappa shape index (κ3) is 5.04. The fraction of sp³-hybridized carbons (Fsp3) is 0.818. The number of hydrogen-bond acceptors (Lipinski definition) is 4. The second-order valence-corrected chi connectivity index (χ2v) is 4.58. The first-order valence-electron chi connectivity index (χ1n) is 5.82. The fourth-order valence-electron chi connectivity index (χ4n) is 1.60. The fourth-order valence-corrected chi connectivity index (χ4v) is 1.60. The maximum absolute atomic E-state index is 11.5. The predicted molar refractivity (Wildman–Crippen MR) is 63.7 cm³/mol. The van der Waals surface area contributed by atoms with Crippen LogP contribution in [0, 0.1) is 0 Å². The van der Waals surface area contributed by atoms with Crippen LogP contribution in [0.25, 0.3) is 0 Å². The maximum atomic E-state index is 11.5. The Morgan fingerprint density at radius 1 is 1.59 bits per heavy atom. The molecule has 1 unspecified atom stereocenters. The van der Waals surface area contributed by atoms with Crippen molar-refractivity contribution in [2.75, 3.05) is 40.8 Å². The Morgan fingerprint density at radius 3 is 2.82 bits per heavy atom. The molecular formula is C11H21N3O3. The molecule has 6 heteroatoms. The molecule has 98 valence electrons. The highest BCUT2D eigenvalue weighted by Gasteiger charge is 2.28. The third-order valence-corrected chi connectivity index (χ3v) is 2.63. The van der Waals surface area contributed by atoms with Crippen molar-refractivity contribution in [1.82, 2.24) is 15.1 Å². The molecular weight excluding hydrogens is 222 g/mol. The highest BCUT2D eigenvalue weighted by molar-refractivity contribution is 5.76. The molecule has 0 radical (unpaired) electrons. The predicted octanol–water partition coefficient (Wildman–Crippen LogP) is -0.105. The smallest absolute Gasteiger partial charge is 0.409 e. The zero-order valence-corrected chi connectivity index (χ0v) is 10.7. The summed E-state index contributed by atoms with van der Waals surface area (Å²) in [5.74, 6) is 0.0115. The van der Waals surface area contributed by atoms with Gasteiger partial charge in [0.1, 0.15) is 6.10 Å². The molecule has 0 bridgehead atoms. The lowest BCUT2D eigenvalue weighted by molar-refractivity contribution is -0.121. The number of nitrogens with zero attached hydrogens (tertiary/aromatic N) is 2. The number of rotatable bonds is 6. The van der Waals surface area contributed by atoms with Crippen molar-refractivity contribution in [1.29, 1.82) is 0 Å². The highest BCUT2D eigenvalue weighted by atomic mass is 16.6. The lowest BCUT2D eigenvalue weighted by Gasteiger charge is -2.11. The molecule has 1 aliphatic heterocycles. The molecule has 0 spiro atoms. The molecule has 1 N–H and O–H groups in total. The van der Waals surface area contributed by atoms with Crippen molar-refractivity contribution in [3.05, 3.63) is 0 Å². The van der Waals surface area contributed by atoms with Crippen LogP contribution in [0.3, 0.4) is 0 Å². The average Bonchev–Trinajstić information content (AvgIpc) is 2.55. The van der Waals surface area contributed by atoms with Gasteiger partial charge in [-0.15, -0.1) is 0 Å². The molecule has 6 nitrogen and oxygen atoms in total. The van der Waals surface area contributed by atoms with Crippen LogP contribution in [-0.2, 0) is 9.53 Å². The van der Waals surface area contributed by atoms with E-state index in [4.69, 9.17) is 4.74 Å². The van der Waals surface area contributed by atoms with Gasteiger partial charge in [-0.1, -0.05) is 0 Å². The first kappa shape index (κ1) is 13.8. The molecule has 0 aromatic heterocycles. The maximum Gasteiger partial charge on any atom is 0.409 e. The highest BCUT2D eigenvalue weighted by Crippen LogP contribution is 2.13. The van der Waals surface area contributed by atoms with Gasteiger partial charge in [0, 0.05) is 26.6 Å². The van der Waals surface area contributed by atoms with Gasteiger partial charge in [-0.05, 0) is 20.5 Å². The normalized spacial score (nSPS) is 19.6. The van der Waals surface area contributed by atoms with Gasteiger partial charge in [-0.3, -0.25) is 4.79 Å². The summed E-state index contributed by atoms with van der Waals surface area (Å²) in [5.41, 5.74) is 0. The minimum atomic E-state index is -0.303. The molecule has 1 fully saturated rings. The van der Waals surface area contributed by atoms with E-state index in [1.807, 2.05) is 19.0 Å².